The Kier molecular flexibility index (Phi) is 5.81. The number of carbonyl (C=O) groups is 1. The van der Waals surface area contributed by atoms with Crippen LogP contribution in [0.5, 0.6) is 0 Å². The molecule has 1 atom stereocenters. The predicted octanol–water partition coefficient (Wildman–Crippen LogP) is 0.952. The van der Waals surface area contributed by atoms with Crippen LogP contribution < -0.4 is 0 Å². The fourth-order valence-electron chi connectivity index (χ4n) is 3.40. The summed E-state index contributed by atoms with van der Waals surface area (Å²) in [5.74, 6) is -0.683. The first-order valence-electron chi connectivity index (χ1n) is 7.98. The van der Waals surface area contributed by atoms with E-state index in [1.165, 1.54) is 25.9 Å². The molecule has 1 unspecified atom stereocenters. The van der Waals surface area contributed by atoms with Gasteiger partial charge < -0.3 is 10.0 Å². The highest BCUT2D eigenvalue weighted by atomic mass is 16.4. The van der Waals surface area contributed by atoms with E-state index in [-0.39, 0.29) is 6.42 Å². The van der Waals surface area contributed by atoms with Crippen molar-refractivity contribution < 1.29 is 9.90 Å². The van der Waals surface area contributed by atoms with Crippen LogP contribution >= 0.6 is 0 Å². The molecule has 0 radical (unpaired) electrons. The van der Waals surface area contributed by atoms with E-state index < -0.39 is 5.97 Å². The van der Waals surface area contributed by atoms with Crippen LogP contribution in [-0.2, 0) is 4.79 Å². The first kappa shape index (κ1) is 15.7. The van der Waals surface area contributed by atoms with Gasteiger partial charge in [-0.3, -0.25) is 14.6 Å². The van der Waals surface area contributed by atoms with Crippen LogP contribution in [0, 0.1) is 0 Å². The fraction of sp³-hybridized carbons (Fsp3) is 0.933. The summed E-state index contributed by atoms with van der Waals surface area (Å²) in [7, 11) is 0. The van der Waals surface area contributed by atoms with Gasteiger partial charge in [-0.2, -0.15) is 0 Å². The van der Waals surface area contributed by atoms with Gasteiger partial charge in [0.05, 0.1) is 6.42 Å². The summed E-state index contributed by atoms with van der Waals surface area (Å²) in [5, 5.41) is 8.80. The zero-order chi connectivity index (χ0) is 14.5. The molecule has 0 amide bonds. The molecule has 0 aromatic rings. The van der Waals surface area contributed by atoms with Crippen LogP contribution in [-0.4, -0.2) is 83.7 Å². The van der Waals surface area contributed by atoms with Crippen LogP contribution in [0.2, 0.25) is 0 Å². The van der Waals surface area contributed by atoms with Crippen molar-refractivity contribution in [2.24, 2.45) is 0 Å². The van der Waals surface area contributed by atoms with Crippen LogP contribution in [0.1, 0.15) is 33.1 Å². The third-order valence-corrected chi connectivity index (χ3v) is 4.72. The van der Waals surface area contributed by atoms with Gasteiger partial charge in [-0.15, -0.1) is 0 Å². The summed E-state index contributed by atoms with van der Waals surface area (Å²) in [4.78, 5) is 18.2. The van der Waals surface area contributed by atoms with Gasteiger partial charge in [0, 0.05) is 51.4 Å². The summed E-state index contributed by atoms with van der Waals surface area (Å²) in [6, 6.07) is 1.28. The van der Waals surface area contributed by atoms with E-state index in [2.05, 4.69) is 28.5 Å². The Morgan fingerprint density at radius 1 is 1.20 bits per heavy atom. The Bertz CT molecular complexity index is 314. The molecule has 116 valence electrons. The largest absolute Gasteiger partial charge is 0.481 e. The lowest BCUT2D eigenvalue weighted by Gasteiger charge is -2.44. The van der Waals surface area contributed by atoms with Gasteiger partial charge >= 0.3 is 5.97 Å². The summed E-state index contributed by atoms with van der Waals surface area (Å²) < 4.78 is 0. The monoisotopic (exact) mass is 283 g/mol. The number of hydrogen-bond donors (Lipinski definition) is 1. The molecule has 1 N–H and O–H groups in total. The van der Waals surface area contributed by atoms with E-state index in [1.807, 2.05) is 0 Å². The molecule has 2 heterocycles. The molecule has 2 rings (SSSR count). The van der Waals surface area contributed by atoms with E-state index in [9.17, 15) is 4.79 Å². The van der Waals surface area contributed by atoms with Crippen LogP contribution in [0.3, 0.4) is 0 Å². The highest BCUT2D eigenvalue weighted by Gasteiger charge is 2.28. The number of piperidine rings is 1. The Balaban J connectivity index is 1.76. The maximum Gasteiger partial charge on any atom is 0.304 e. The standard InChI is InChI=1S/C15H29N3O2/c1-13(2)17-8-10-18(11-9-17)14-4-3-6-16(12-14)7-5-15(19)20/h13-14H,3-12H2,1-2H3,(H,19,20). The minimum Gasteiger partial charge on any atom is -0.481 e. The van der Waals surface area contributed by atoms with Crippen LogP contribution in [0.15, 0.2) is 0 Å². The van der Waals surface area contributed by atoms with Crippen molar-refractivity contribution in [3.63, 3.8) is 0 Å². The molecule has 0 saturated carbocycles. The second kappa shape index (κ2) is 7.38. The van der Waals surface area contributed by atoms with E-state index >= 15 is 0 Å². The van der Waals surface area contributed by atoms with Crippen molar-refractivity contribution >= 4 is 5.97 Å². The highest BCUT2D eigenvalue weighted by molar-refractivity contribution is 5.66. The number of hydrogen-bond acceptors (Lipinski definition) is 4. The van der Waals surface area contributed by atoms with E-state index in [0.29, 0.717) is 18.6 Å². The van der Waals surface area contributed by atoms with E-state index in [0.717, 1.165) is 26.2 Å². The summed E-state index contributed by atoms with van der Waals surface area (Å²) >= 11 is 0. The summed E-state index contributed by atoms with van der Waals surface area (Å²) in [6.45, 7) is 12.0. The molecular weight excluding hydrogens is 254 g/mol. The fourth-order valence-corrected chi connectivity index (χ4v) is 3.40. The number of piperazine rings is 1. The molecule has 2 saturated heterocycles. The zero-order valence-electron chi connectivity index (χ0n) is 12.9. The van der Waals surface area contributed by atoms with Gasteiger partial charge in [-0.25, -0.2) is 0 Å². The lowest BCUT2D eigenvalue weighted by molar-refractivity contribution is -0.137. The van der Waals surface area contributed by atoms with Gasteiger partial charge in [0.2, 0.25) is 0 Å². The molecule has 0 aliphatic carbocycles. The SMILES string of the molecule is CC(C)N1CCN(C2CCCN(CCC(=O)O)C2)CC1. The summed E-state index contributed by atoms with van der Waals surface area (Å²) in [6.07, 6.45) is 2.74. The Morgan fingerprint density at radius 3 is 2.50 bits per heavy atom. The Labute approximate surface area is 122 Å². The molecule has 5 nitrogen and oxygen atoms in total. The third-order valence-electron chi connectivity index (χ3n) is 4.72. The Hall–Kier alpha value is -0.650. The topological polar surface area (TPSA) is 47.0 Å². The normalized spacial score (nSPS) is 27.1. The smallest absolute Gasteiger partial charge is 0.304 e. The lowest BCUT2D eigenvalue weighted by Crippen LogP contribution is -2.56. The first-order chi connectivity index (χ1) is 9.56. The average molecular weight is 283 g/mol. The summed E-state index contributed by atoms with van der Waals surface area (Å²) in [5.41, 5.74) is 0. The van der Waals surface area contributed by atoms with Crippen LogP contribution in [0.4, 0.5) is 0 Å². The van der Waals surface area contributed by atoms with Gasteiger partial charge in [0.25, 0.3) is 0 Å². The average Bonchev–Trinajstić information content (AvgIpc) is 2.45. The molecule has 0 bridgehead atoms. The molecule has 0 spiro atoms. The van der Waals surface area contributed by atoms with Gasteiger partial charge in [-0.05, 0) is 33.2 Å². The number of aliphatic carboxylic acids is 1. The molecular formula is C15H29N3O2. The quantitative estimate of drug-likeness (QED) is 0.814. The highest BCUT2D eigenvalue weighted by Crippen LogP contribution is 2.18. The van der Waals surface area contributed by atoms with Crippen molar-refractivity contribution in [2.45, 2.75) is 45.2 Å². The van der Waals surface area contributed by atoms with Crippen molar-refractivity contribution in [3.05, 3.63) is 0 Å². The molecule has 0 aromatic heterocycles. The minimum atomic E-state index is -0.683. The van der Waals surface area contributed by atoms with Crippen LogP contribution in [0.25, 0.3) is 0 Å². The lowest BCUT2D eigenvalue weighted by atomic mass is 10.0. The molecule has 2 aliphatic heterocycles. The number of nitrogens with zero attached hydrogens (tertiary/aromatic N) is 3. The number of likely N-dealkylation sites (tertiary alicyclic amines) is 1. The van der Waals surface area contributed by atoms with Crippen molar-refractivity contribution in [1.82, 2.24) is 14.7 Å². The Morgan fingerprint density at radius 2 is 1.90 bits per heavy atom. The maximum atomic E-state index is 10.7. The van der Waals surface area contributed by atoms with Crippen molar-refractivity contribution in [1.29, 1.82) is 0 Å². The van der Waals surface area contributed by atoms with Gasteiger partial charge in [-0.1, -0.05) is 0 Å². The predicted molar refractivity (Wildman–Crippen MR) is 80.0 cm³/mol. The number of carboxylic acids is 1. The number of carboxylic acid groups (broad SMARTS) is 1. The van der Waals surface area contributed by atoms with E-state index in [1.54, 1.807) is 0 Å². The third kappa shape index (κ3) is 4.43. The van der Waals surface area contributed by atoms with Crippen molar-refractivity contribution in [3.8, 4) is 0 Å². The number of rotatable bonds is 5. The second-order valence-electron chi connectivity index (χ2n) is 6.41. The van der Waals surface area contributed by atoms with Gasteiger partial charge in [0.15, 0.2) is 0 Å². The molecule has 2 aliphatic rings. The van der Waals surface area contributed by atoms with Crippen molar-refractivity contribution in [2.75, 3.05) is 45.8 Å². The molecule has 2 fully saturated rings. The maximum absolute atomic E-state index is 10.7. The van der Waals surface area contributed by atoms with E-state index in [4.69, 9.17) is 5.11 Å². The van der Waals surface area contributed by atoms with Gasteiger partial charge in [0.1, 0.15) is 0 Å². The first-order valence-corrected chi connectivity index (χ1v) is 7.98. The molecule has 0 aromatic carbocycles. The zero-order valence-corrected chi connectivity index (χ0v) is 12.9. The second-order valence-corrected chi connectivity index (χ2v) is 6.41. The molecule has 20 heavy (non-hydrogen) atoms. The minimum absolute atomic E-state index is 0.272. The molecule has 5 heteroatoms.